The molecule has 16 heavy (non-hydrogen) atoms. The minimum absolute atomic E-state index is 0.202. The summed E-state index contributed by atoms with van der Waals surface area (Å²) in [6, 6.07) is 2.88. The van der Waals surface area contributed by atoms with Crippen molar-refractivity contribution < 1.29 is 0 Å². The second kappa shape index (κ2) is 5.27. The second-order valence-corrected chi connectivity index (χ2v) is 6.80. The van der Waals surface area contributed by atoms with Gasteiger partial charge in [-0.05, 0) is 29.9 Å². The Balaban J connectivity index is 2.15. The van der Waals surface area contributed by atoms with E-state index in [0.717, 1.165) is 6.42 Å². The van der Waals surface area contributed by atoms with Crippen LogP contribution in [0.4, 0.5) is 0 Å². The minimum Gasteiger partial charge on any atom is -0.297 e. The van der Waals surface area contributed by atoms with Gasteiger partial charge in [0.25, 0.3) is 0 Å². The van der Waals surface area contributed by atoms with E-state index >= 15 is 0 Å². The van der Waals surface area contributed by atoms with Gasteiger partial charge in [-0.1, -0.05) is 19.8 Å². The average molecular weight is 251 g/mol. The van der Waals surface area contributed by atoms with Gasteiger partial charge in [-0.3, -0.25) is 5.32 Å². The maximum absolute atomic E-state index is 5.52. The molecular weight excluding hydrogens is 234 g/mol. The third kappa shape index (κ3) is 2.45. The molecule has 3 atom stereocenters. The summed E-state index contributed by atoms with van der Waals surface area (Å²) in [6.45, 7) is 4.42. The molecule has 0 bridgehead atoms. The number of hydrogen-bond acceptors (Lipinski definition) is 3. The Morgan fingerprint density at radius 2 is 2.50 bits per heavy atom. The summed E-state index contributed by atoms with van der Waals surface area (Å²) in [5.74, 6) is 2.82. The Hall–Kier alpha value is -0.430. The highest BCUT2D eigenvalue weighted by Gasteiger charge is 2.27. The molecule has 1 aromatic heterocycles. The van der Waals surface area contributed by atoms with Crippen molar-refractivity contribution in [2.45, 2.75) is 48.2 Å². The lowest BCUT2D eigenvalue weighted by Gasteiger charge is -2.29. The Labute approximate surface area is 106 Å². The van der Waals surface area contributed by atoms with Crippen molar-refractivity contribution >= 4 is 23.1 Å². The molecule has 1 nitrogen and oxygen atoms in total. The summed E-state index contributed by atoms with van der Waals surface area (Å²) in [7, 11) is 0. The number of thiophene rings is 1. The molecule has 0 fully saturated rings. The lowest BCUT2D eigenvalue weighted by molar-refractivity contribution is 0.450. The molecule has 0 aliphatic carbocycles. The molecule has 0 spiro atoms. The van der Waals surface area contributed by atoms with Gasteiger partial charge in [-0.25, -0.2) is 0 Å². The second-order valence-electron chi connectivity index (χ2n) is 4.17. The Bertz CT molecular complexity index is 391. The third-order valence-corrected chi connectivity index (χ3v) is 5.27. The molecule has 0 radical (unpaired) electrons. The summed E-state index contributed by atoms with van der Waals surface area (Å²) >= 11 is 3.84. The van der Waals surface area contributed by atoms with Crippen LogP contribution in [-0.2, 0) is 0 Å². The van der Waals surface area contributed by atoms with Crippen molar-refractivity contribution in [2.24, 2.45) is 0 Å². The van der Waals surface area contributed by atoms with E-state index in [0.29, 0.717) is 11.3 Å². The van der Waals surface area contributed by atoms with Crippen LogP contribution in [0.2, 0.25) is 0 Å². The predicted octanol–water partition coefficient (Wildman–Crippen LogP) is 3.67. The standard InChI is InChI=1S/C13H17NS2/c1-4-10(5-2)14-12-8-9(3)16-13-11(12)6-7-15-13/h1,6-7,9-10,12,14H,5,8H2,2-3H3/t9-,10?,12?/m0/s1. The highest BCUT2D eigenvalue weighted by molar-refractivity contribution is 8.01. The van der Waals surface area contributed by atoms with Crippen molar-refractivity contribution in [1.82, 2.24) is 5.32 Å². The van der Waals surface area contributed by atoms with Crippen LogP contribution in [0, 0.1) is 12.3 Å². The van der Waals surface area contributed by atoms with Crippen molar-refractivity contribution in [3.63, 3.8) is 0 Å². The molecule has 86 valence electrons. The molecule has 0 saturated heterocycles. The van der Waals surface area contributed by atoms with E-state index in [1.54, 1.807) is 0 Å². The van der Waals surface area contributed by atoms with E-state index in [2.05, 4.69) is 36.5 Å². The Kier molecular flexibility index (Phi) is 3.96. The van der Waals surface area contributed by atoms with Crippen LogP contribution in [0.1, 0.15) is 38.3 Å². The maximum Gasteiger partial charge on any atom is 0.0689 e. The van der Waals surface area contributed by atoms with Gasteiger partial charge in [0.05, 0.1) is 10.3 Å². The number of rotatable bonds is 3. The van der Waals surface area contributed by atoms with Crippen molar-refractivity contribution in [1.29, 1.82) is 0 Å². The predicted molar refractivity (Wildman–Crippen MR) is 73.0 cm³/mol. The largest absolute Gasteiger partial charge is 0.297 e. The van der Waals surface area contributed by atoms with Gasteiger partial charge < -0.3 is 0 Å². The summed E-state index contributed by atoms with van der Waals surface area (Å²) in [5.41, 5.74) is 1.45. The monoisotopic (exact) mass is 251 g/mol. The maximum atomic E-state index is 5.52. The van der Waals surface area contributed by atoms with Crippen LogP contribution in [0.25, 0.3) is 0 Å². The molecule has 0 aromatic carbocycles. The van der Waals surface area contributed by atoms with Gasteiger partial charge in [0, 0.05) is 11.3 Å². The number of thioether (sulfide) groups is 1. The van der Waals surface area contributed by atoms with Crippen molar-refractivity contribution in [3.8, 4) is 12.3 Å². The molecule has 3 heteroatoms. The highest BCUT2D eigenvalue weighted by atomic mass is 32.2. The molecule has 2 rings (SSSR count). The quantitative estimate of drug-likeness (QED) is 0.823. The zero-order chi connectivity index (χ0) is 11.5. The zero-order valence-corrected chi connectivity index (χ0v) is 11.3. The molecule has 2 heterocycles. The average Bonchev–Trinajstić information content (AvgIpc) is 2.73. The third-order valence-electron chi connectivity index (χ3n) is 2.92. The summed E-state index contributed by atoms with van der Waals surface area (Å²) < 4.78 is 1.46. The molecular formula is C13H17NS2. The normalized spacial score (nSPS) is 25.8. The van der Waals surface area contributed by atoms with Crippen LogP contribution < -0.4 is 5.32 Å². The van der Waals surface area contributed by atoms with Gasteiger partial charge >= 0.3 is 0 Å². The SMILES string of the molecule is C#CC(CC)NC1C[C@H](C)Sc2sccc21. The van der Waals surface area contributed by atoms with Crippen LogP contribution >= 0.6 is 23.1 Å². The molecule has 0 saturated carbocycles. The highest BCUT2D eigenvalue weighted by Crippen LogP contribution is 2.43. The van der Waals surface area contributed by atoms with Crippen molar-refractivity contribution in [3.05, 3.63) is 17.0 Å². The molecule has 0 amide bonds. The van der Waals surface area contributed by atoms with Gasteiger partial charge in [0.15, 0.2) is 0 Å². The van der Waals surface area contributed by atoms with Gasteiger partial charge in [0.1, 0.15) is 0 Å². The van der Waals surface area contributed by atoms with E-state index in [-0.39, 0.29) is 6.04 Å². The molecule has 1 aliphatic heterocycles. The fraction of sp³-hybridized carbons (Fsp3) is 0.538. The first-order valence-corrected chi connectivity index (χ1v) is 7.46. The lowest BCUT2D eigenvalue weighted by atomic mass is 10.0. The minimum atomic E-state index is 0.202. The van der Waals surface area contributed by atoms with Gasteiger partial charge in [-0.2, -0.15) is 0 Å². The number of fused-ring (bicyclic) bond motifs is 1. The van der Waals surface area contributed by atoms with Gasteiger partial charge in [-0.15, -0.1) is 29.5 Å². The van der Waals surface area contributed by atoms with Crippen LogP contribution in [0.15, 0.2) is 15.7 Å². The summed E-state index contributed by atoms with van der Waals surface area (Å²) in [4.78, 5) is 0. The smallest absolute Gasteiger partial charge is 0.0689 e. The van der Waals surface area contributed by atoms with Crippen LogP contribution in [0.3, 0.4) is 0 Å². The molecule has 1 N–H and O–H groups in total. The van der Waals surface area contributed by atoms with E-state index in [9.17, 15) is 0 Å². The van der Waals surface area contributed by atoms with Gasteiger partial charge in [0.2, 0.25) is 0 Å². The van der Waals surface area contributed by atoms with Crippen molar-refractivity contribution in [2.75, 3.05) is 0 Å². The Morgan fingerprint density at radius 3 is 3.19 bits per heavy atom. The first-order chi connectivity index (χ1) is 7.74. The number of terminal acetylenes is 1. The molecule has 1 aromatic rings. The zero-order valence-electron chi connectivity index (χ0n) is 9.69. The van der Waals surface area contributed by atoms with E-state index in [4.69, 9.17) is 6.42 Å². The lowest BCUT2D eigenvalue weighted by Crippen LogP contribution is -2.34. The Morgan fingerprint density at radius 1 is 1.69 bits per heavy atom. The molecule has 2 unspecified atom stereocenters. The first-order valence-electron chi connectivity index (χ1n) is 5.70. The fourth-order valence-corrected chi connectivity index (χ4v) is 4.60. The van der Waals surface area contributed by atoms with E-state index < -0.39 is 0 Å². The van der Waals surface area contributed by atoms with Crippen LogP contribution in [0.5, 0.6) is 0 Å². The summed E-state index contributed by atoms with van der Waals surface area (Å²) in [5, 5.41) is 6.45. The van der Waals surface area contributed by atoms with E-state index in [1.165, 1.54) is 16.2 Å². The van der Waals surface area contributed by atoms with E-state index in [1.807, 2.05) is 23.1 Å². The summed E-state index contributed by atoms with van der Waals surface area (Å²) in [6.07, 6.45) is 7.68. The number of nitrogens with one attached hydrogen (secondary N) is 1. The fourth-order valence-electron chi connectivity index (χ4n) is 2.03. The van der Waals surface area contributed by atoms with Crippen LogP contribution in [-0.4, -0.2) is 11.3 Å². The first kappa shape index (κ1) is 12.0. The topological polar surface area (TPSA) is 12.0 Å². The number of hydrogen-bond donors (Lipinski definition) is 1. The molecule has 1 aliphatic rings.